The number of hydrogen-bond acceptors (Lipinski definition) is 6. The molecule has 0 aliphatic carbocycles. The van der Waals surface area contributed by atoms with Crippen LogP contribution in [0.3, 0.4) is 0 Å². The van der Waals surface area contributed by atoms with E-state index in [1.54, 1.807) is 29.2 Å². The summed E-state index contributed by atoms with van der Waals surface area (Å²) in [6, 6.07) is 10.1. The Morgan fingerprint density at radius 1 is 1.21 bits per heavy atom. The van der Waals surface area contributed by atoms with E-state index >= 15 is 0 Å². The highest BCUT2D eigenvalue weighted by Gasteiger charge is 2.46. The normalized spacial score (nSPS) is 18.9. The van der Waals surface area contributed by atoms with E-state index in [0.717, 1.165) is 17.8 Å². The molecule has 1 aromatic heterocycles. The van der Waals surface area contributed by atoms with Gasteiger partial charge in [0.1, 0.15) is 11.5 Å². The molecule has 0 spiro atoms. The van der Waals surface area contributed by atoms with Crippen molar-refractivity contribution < 1.29 is 19.4 Å². The first-order valence-electron chi connectivity index (χ1n) is 9.05. The molecule has 1 amide bonds. The summed E-state index contributed by atoms with van der Waals surface area (Å²) in [6.45, 7) is 1.24. The Bertz CT molecular complexity index is 890. The number of aliphatic hydroxyl groups is 1. The molecular formula is C21H24N2O4S. The Morgan fingerprint density at radius 3 is 2.61 bits per heavy atom. The van der Waals surface area contributed by atoms with Crippen LogP contribution in [-0.2, 0) is 9.59 Å². The molecule has 1 N–H and O–H groups in total. The number of thiophene rings is 1. The number of methoxy groups -OCH3 is 1. The van der Waals surface area contributed by atoms with Crippen LogP contribution in [0.25, 0.3) is 5.76 Å². The molecule has 1 aliphatic heterocycles. The number of para-hydroxylation sites is 1. The Morgan fingerprint density at radius 2 is 1.96 bits per heavy atom. The molecule has 3 rings (SSSR count). The van der Waals surface area contributed by atoms with Gasteiger partial charge in [0, 0.05) is 11.4 Å². The van der Waals surface area contributed by atoms with Crippen molar-refractivity contribution in [3.8, 4) is 5.75 Å². The summed E-state index contributed by atoms with van der Waals surface area (Å²) in [7, 11) is 5.43. The molecule has 0 saturated carbocycles. The molecule has 28 heavy (non-hydrogen) atoms. The van der Waals surface area contributed by atoms with Gasteiger partial charge in [0.2, 0.25) is 0 Å². The fourth-order valence-electron chi connectivity index (χ4n) is 3.40. The van der Waals surface area contributed by atoms with Gasteiger partial charge in [-0.15, -0.1) is 11.3 Å². The maximum atomic E-state index is 12.9. The van der Waals surface area contributed by atoms with E-state index in [1.165, 1.54) is 18.4 Å². The smallest absolute Gasteiger partial charge is 0.295 e. The third-order valence-corrected chi connectivity index (χ3v) is 5.64. The van der Waals surface area contributed by atoms with E-state index in [0.29, 0.717) is 17.9 Å². The molecule has 0 radical (unpaired) electrons. The van der Waals surface area contributed by atoms with Gasteiger partial charge in [-0.3, -0.25) is 9.59 Å². The fourth-order valence-corrected chi connectivity index (χ4v) is 4.24. The van der Waals surface area contributed by atoms with Crippen molar-refractivity contribution >= 4 is 28.8 Å². The van der Waals surface area contributed by atoms with Crippen LogP contribution in [0.15, 0.2) is 47.4 Å². The number of aliphatic hydroxyl groups excluding tert-OH is 1. The number of rotatable bonds is 7. The lowest BCUT2D eigenvalue weighted by atomic mass is 9.99. The Kier molecular flexibility index (Phi) is 6.16. The van der Waals surface area contributed by atoms with E-state index in [9.17, 15) is 14.7 Å². The molecule has 1 aromatic carbocycles. The van der Waals surface area contributed by atoms with Gasteiger partial charge in [-0.25, -0.2) is 0 Å². The van der Waals surface area contributed by atoms with Crippen LogP contribution in [-0.4, -0.2) is 60.9 Å². The van der Waals surface area contributed by atoms with Crippen LogP contribution in [0, 0.1) is 0 Å². The molecule has 1 unspecified atom stereocenters. The van der Waals surface area contributed by atoms with Crippen LogP contribution < -0.4 is 4.74 Å². The topological polar surface area (TPSA) is 70.1 Å². The van der Waals surface area contributed by atoms with Crippen LogP contribution in [0.4, 0.5) is 0 Å². The quantitative estimate of drug-likeness (QED) is 0.439. The van der Waals surface area contributed by atoms with Crippen molar-refractivity contribution in [2.75, 3.05) is 34.3 Å². The number of benzene rings is 1. The van der Waals surface area contributed by atoms with E-state index < -0.39 is 17.7 Å². The van der Waals surface area contributed by atoms with Crippen molar-refractivity contribution in [3.63, 3.8) is 0 Å². The maximum Gasteiger partial charge on any atom is 0.295 e. The number of nitrogens with zero attached hydrogens (tertiary/aromatic N) is 2. The van der Waals surface area contributed by atoms with Gasteiger partial charge in [0.15, 0.2) is 0 Å². The van der Waals surface area contributed by atoms with Gasteiger partial charge >= 0.3 is 0 Å². The molecule has 2 heterocycles. The highest BCUT2D eigenvalue weighted by molar-refractivity contribution is 7.10. The summed E-state index contributed by atoms with van der Waals surface area (Å²) in [6.07, 6.45) is 0.733. The summed E-state index contributed by atoms with van der Waals surface area (Å²) in [4.78, 5) is 30.1. The Labute approximate surface area is 168 Å². The number of carbonyl (C=O) groups is 2. The largest absolute Gasteiger partial charge is 0.507 e. The number of amides is 1. The van der Waals surface area contributed by atoms with Gasteiger partial charge in [-0.05, 0) is 50.6 Å². The zero-order chi connectivity index (χ0) is 20.3. The number of likely N-dealkylation sites (tertiary alicyclic amines) is 1. The second-order valence-corrected chi connectivity index (χ2v) is 7.84. The second kappa shape index (κ2) is 8.58. The molecule has 1 atom stereocenters. The van der Waals surface area contributed by atoms with Crippen molar-refractivity contribution in [2.24, 2.45) is 0 Å². The summed E-state index contributed by atoms with van der Waals surface area (Å²) in [5.74, 6) is -0.992. The standard InChI is InChI=1S/C21H24N2O4S/c1-22(2)11-7-12-23-18(16-10-6-13-28-16)17(20(25)21(23)26)19(24)14-8-4-5-9-15(14)27-3/h4-6,8-10,13,18,24H,7,11-12H2,1-3H3/b19-17+. The predicted octanol–water partition coefficient (Wildman–Crippen LogP) is 3.13. The number of hydrogen-bond donors (Lipinski definition) is 1. The van der Waals surface area contributed by atoms with Crippen LogP contribution in [0.5, 0.6) is 5.75 Å². The molecule has 1 fully saturated rings. The molecule has 0 bridgehead atoms. The third kappa shape index (κ3) is 3.81. The van der Waals surface area contributed by atoms with E-state index in [1.807, 2.05) is 36.5 Å². The molecule has 1 aliphatic rings. The summed E-state index contributed by atoms with van der Waals surface area (Å²) >= 11 is 1.46. The van der Waals surface area contributed by atoms with Crippen molar-refractivity contribution in [1.29, 1.82) is 0 Å². The molecule has 6 nitrogen and oxygen atoms in total. The lowest BCUT2D eigenvalue weighted by Gasteiger charge is -2.24. The third-order valence-electron chi connectivity index (χ3n) is 4.72. The molecule has 148 valence electrons. The first-order chi connectivity index (χ1) is 13.5. The highest BCUT2D eigenvalue weighted by atomic mass is 32.1. The lowest BCUT2D eigenvalue weighted by molar-refractivity contribution is -0.139. The minimum Gasteiger partial charge on any atom is -0.507 e. The zero-order valence-electron chi connectivity index (χ0n) is 16.2. The van der Waals surface area contributed by atoms with Crippen LogP contribution in [0.1, 0.15) is 22.9 Å². The first kappa shape index (κ1) is 20.1. The molecule has 1 saturated heterocycles. The van der Waals surface area contributed by atoms with Crippen LogP contribution >= 0.6 is 11.3 Å². The van der Waals surface area contributed by atoms with Crippen LogP contribution in [0.2, 0.25) is 0 Å². The van der Waals surface area contributed by atoms with Gasteiger partial charge < -0.3 is 19.6 Å². The van der Waals surface area contributed by atoms with E-state index in [-0.39, 0.29) is 11.3 Å². The number of ether oxygens (including phenoxy) is 1. The molecule has 2 aromatic rings. The average molecular weight is 401 g/mol. The van der Waals surface area contributed by atoms with E-state index in [2.05, 4.69) is 0 Å². The lowest BCUT2D eigenvalue weighted by Crippen LogP contribution is -2.32. The summed E-state index contributed by atoms with van der Waals surface area (Å²) in [5, 5.41) is 12.9. The van der Waals surface area contributed by atoms with Gasteiger partial charge in [-0.1, -0.05) is 18.2 Å². The van der Waals surface area contributed by atoms with Crippen molar-refractivity contribution in [3.05, 3.63) is 57.8 Å². The van der Waals surface area contributed by atoms with Gasteiger partial charge in [0.25, 0.3) is 11.7 Å². The zero-order valence-corrected chi connectivity index (χ0v) is 17.0. The summed E-state index contributed by atoms with van der Waals surface area (Å²) in [5.41, 5.74) is 0.514. The van der Waals surface area contributed by atoms with E-state index in [4.69, 9.17) is 4.74 Å². The fraction of sp³-hybridized carbons (Fsp3) is 0.333. The monoisotopic (exact) mass is 400 g/mol. The minimum absolute atomic E-state index is 0.113. The Balaban J connectivity index is 2.08. The van der Waals surface area contributed by atoms with Crippen molar-refractivity contribution in [1.82, 2.24) is 9.80 Å². The maximum absolute atomic E-state index is 12.9. The summed E-state index contributed by atoms with van der Waals surface area (Å²) < 4.78 is 5.33. The highest BCUT2D eigenvalue weighted by Crippen LogP contribution is 2.42. The van der Waals surface area contributed by atoms with Gasteiger partial charge in [0.05, 0.1) is 24.3 Å². The SMILES string of the molecule is COc1ccccc1/C(O)=C1\C(=O)C(=O)N(CCCN(C)C)C1c1cccs1. The molecular weight excluding hydrogens is 376 g/mol. The minimum atomic E-state index is -0.661. The average Bonchev–Trinajstić information content (AvgIpc) is 3.29. The number of carbonyl (C=O) groups excluding carboxylic acids is 2. The molecule has 7 heteroatoms. The predicted molar refractivity (Wildman–Crippen MR) is 109 cm³/mol. The number of ketones is 1. The Hall–Kier alpha value is -2.64. The first-order valence-corrected chi connectivity index (χ1v) is 9.93. The van der Waals surface area contributed by atoms with Crippen molar-refractivity contribution in [2.45, 2.75) is 12.5 Å². The number of Topliss-reactive ketones (excluding diaryl/α,β-unsaturated/α-hetero) is 1. The second-order valence-electron chi connectivity index (χ2n) is 6.87. The van der Waals surface area contributed by atoms with Gasteiger partial charge in [-0.2, -0.15) is 0 Å².